The highest BCUT2D eigenvalue weighted by Crippen LogP contribution is 2.35. The van der Waals surface area contributed by atoms with Gasteiger partial charge in [-0.05, 0) is 54.7 Å². The number of amides is 1. The van der Waals surface area contributed by atoms with Crippen molar-refractivity contribution < 1.29 is 27.4 Å². The Morgan fingerprint density at radius 3 is 2.44 bits per heavy atom. The van der Waals surface area contributed by atoms with Crippen molar-refractivity contribution in [1.82, 2.24) is 19.8 Å². The lowest BCUT2D eigenvalue weighted by Gasteiger charge is -2.21. The number of fused-ring (bicyclic) bond motifs is 1. The molecular weight excluding hydrogens is 620 g/mol. The first-order valence-electron chi connectivity index (χ1n) is 14.7. The van der Waals surface area contributed by atoms with Crippen LogP contribution in [0.25, 0.3) is 0 Å². The minimum Gasteiger partial charge on any atom is -0.495 e. The molecule has 14 heteroatoms. The number of nitrogens with one attached hydrogen (secondary N) is 2. The molecule has 0 saturated carbocycles. The summed E-state index contributed by atoms with van der Waals surface area (Å²) in [5.41, 5.74) is 3.29. The number of aromatic nitrogens is 2. The average molecular weight is 661 g/mol. The molecule has 0 saturated heterocycles. The lowest BCUT2D eigenvalue weighted by atomic mass is 10.0. The second-order valence-electron chi connectivity index (χ2n) is 10.8. The monoisotopic (exact) mass is 660 g/mol. The predicted molar refractivity (Wildman–Crippen MR) is 175 cm³/mol. The standard InChI is InChI=1S/C31H41ClN6O6S/c1-6-15-45(40,41)28-18-23(44-14-13-42-4)7-8-25(28)34-30-24(32)19-33-31(36-30)35-26-16-21-9-11-38(20-29(39)37(2)3)12-10-22(21)17-27(26)43-5/h7-8,16-19H,6,9-15,20H2,1-5H3,(H2,33,34,35,36). The van der Waals surface area contributed by atoms with E-state index in [4.69, 9.17) is 25.8 Å². The number of nitrogens with zero attached hydrogens (tertiary/aromatic N) is 4. The number of sulfone groups is 1. The lowest BCUT2D eigenvalue weighted by molar-refractivity contribution is -0.129. The summed E-state index contributed by atoms with van der Waals surface area (Å²) in [5, 5.41) is 6.54. The molecule has 0 fully saturated rings. The van der Waals surface area contributed by atoms with Gasteiger partial charge in [0.1, 0.15) is 23.1 Å². The number of benzene rings is 2. The Bertz CT molecular complexity index is 1600. The lowest BCUT2D eigenvalue weighted by Crippen LogP contribution is -2.37. The first kappa shape index (κ1) is 34.2. The van der Waals surface area contributed by atoms with E-state index in [0.29, 0.717) is 42.4 Å². The van der Waals surface area contributed by atoms with Gasteiger partial charge in [0.25, 0.3) is 0 Å². The zero-order valence-corrected chi connectivity index (χ0v) is 27.9. The quantitative estimate of drug-likeness (QED) is 0.239. The van der Waals surface area contributed by atoms with Crippen LogP contribution in [0.3, 0.4) is 0 Å². The van der Waals surface area contributed by atoms with E-state index in [1.54, 1.807) is 45.3 Å². The third-order valence-corrected chi connectivity index (χ3v) is 9.57. The van der Waals surface area contributed by atoms with Crippen LogP contribution >= 0.6 is 11.6 Å². The summed E-state index contributed by atoms with van der Waals surface area (Å²) in [6.45, 7) is 4.36. The van der Waals surface area contributed by atoms with Crippen LogP contribution in [0.1, 0.15) is 24.5 Å². The van der Waals surface area contributed by atoms with Crippen LogP contribution in [0.15, 0.2) is 41.4 Å². The molecule has 0 aliphatic carbocycles. The van der Waals surface area contributed by atoms with E-state index >= 15 is 0 Å². The Hall–Kier alpha value is -3.65. The maximum atomic E-state index is 13.2. The molecular formula is C31H41ClN6O6S. The summed E-state index contributed by atoms with van der Waals surface area (Å²) in [7, 11) is 3.06. The summed E-state index contributed by atoms with van der Waals surface area (Å²) >= 11 is 6.47. The molecule has 2 N–H and O–H groups in total. The smallest absolute Gasteiger partial charge is 0.236 e. The van der Waals surface area contributed by atoms with E-state index < -0.39 is 9.84 Å². The number of anilines is 4. The van der Waals surface area contributed by atoms with Crippen LogP contribution in [0.5, 0.6) is 11.5 Å². The Morgan fingerprint density at radius 1 is 1.04 bits per heavy atom. The molecule has 0 atom stereocenters. The SMILES string of the molecule is CCCS(=O)(=O)c1cc(OCCOC)ccc1Nc1nc(Nc2cc3c(cc2OC)CCN(CC(=O)N(C)C)CC3)ncc1Cl. The zero-order valence-electron chi connectivity index (χ0n) is 26.4. The average Bonchev–Trinajstić information content (AvgIpc) is 3.20. The van der Waals surface area contributed by atoms with Crippen molar-refractivity contribution in [3.8, 4) is 11.5 Å². The topological polar surface area (TPSA) is 135 Å². The number of methoxy groups -OCH3 is 2. The van der Waals surface area contributed by atoms with Gasteiger partial charge in [0.15, 0.2) is 15.7 Å². The molecule has 0 radical (unpaired) electrons. The van der Waals surface area contributed by atoms with Crippen LogP contribution in [0.2, 0.25) is 5.02 Å². The van der Waals surface area contributed by atoms with E-state index in [9.17, 15) is 13.2 Å². The van der Waals surface area contributed by atoms with Gasteiger partial charge in [-0.15, -0.1) is 0 Å². The van der Waals surface area contributed by atoms with E-state index in [1.165, 1.54) is 12.3 Å². The molecule has 4 rings (SSSR count). The van der Waals surface area contributed by atoms with Gasteiger partial charge in [0.2, 0.25) is 11.9 Å². The van der Waals surface area contributed by atoms with Gasteiger partial charge in [-0.25, -0.2) is 13.4 Å². The number of likely N-dealkylation sites (N-methyl/N-ethyl adjacent to an activating group) is 1. The Labute approximate surface area is 270 Å². The maximum absolute atomic E-state index is 13.2. The Morgan fingerprint density at radius 2 is 1.78 bits per heavy atom. The van der Waals surface area contributed by atoms with Gasteiger partial charge in [0.05, 0.1) is 48.5 Å². The van der Waals surface area contributed by atoms with Crippen LogP contribution in [-0.4, -0.2) is 101 Å². The van der Waals surface area contributed by atoms with Gasteiger partial charge in [-0.3, -0.25) is 9.69 Å². The molecule has 1 aromatic heterocycles. The third kappa shape index (κ3) is 8.97. The van der Waals surface area contributed by atoms with E-state index in [1.807, 2.05) is 19.1 Å². The summed E-state index contributed by atoms with van der Waals surface area (Å²) < 4.78 is 42.8. The molecule has 244 valence electrons. The third-order valence-electron chi connectivity index (χ3n) is 7.33. The fourth-order valence-electron chi connectivity index (χ4n) is 4.90. The zero-order chi connectivity index (χ0) is 32.6. The van der Waals surface area contributed by atoms with Crippen LogP contribution in [0, 0.1) is 0 Å². The molecule has 2 heterocycles. The normalized spacial score (nSPS) is 13.5. The second-order valence-corrected chi connectivity index (χ2v) is 13.3. The summed E-state index contributed by atoms with van der Waals surface area (Å²) in [6.07, 6.45) is 3.45. The molecule has 0 spiro atoms. The minimum absolute atomic E-state index is 0.0324. The largest absolute Gasteiger partial charge is 0.495 e. The fraction of sp³-hybridized carbons (Fsp3) is 0.452. The van der Waals surface area contributed by atoms with Crippen LogP contribution in [-0.2, 0) is 32.2 Å². The first-order chi connectivity index (χ1) is 21.5. The van der Waals surface area contributed by atoms with Gasteiger partial charge >= 0.3 is 0 Å². The molecule has 0 bridgehead atoms. The van der Waals surface area contributed by atoms with Crippen molar-refractivity contribution in [2.75, 3.05) is 77.5 Å². The maximum Gasteiger partial charge on any atom is 0.236 e. The highest BCUT2D eigenvalue weighted by molar-refractivity contribution is 7.91. The predicted octanol–water partition coefficient (Wildman–Crippen LogP) is 4.32. The molecule has 12 nitrogen and oxygen atoms in total. The van der Waals surface area contributed by atoms with Crippen molar-refractivity contribution in [2.24, 2.45) is 0 Å². The van der Waals surface area contributed by atoms with Crippen LogP contribution < -0.4 is 20.1 Å². The first-order valence-corrected chi connectivity index (χ1v) is 16.7. The molecule has 2 aromatic carbocycles. The van der Waals surface area contributed by atoms with Crippen molar-refractivity contribution in [2.45, 2.75) is 31.1 Å². The van der Waals surface area contributed by atoms with E-state index in [-0.39, 0.29) is 40.0 Å². The van der Waals surface area contributed by atoms with E-state index in [0.717, 1.165) is 37.1 Å². The second kappa shape index (κ2) is 15.6. The summed E-state index contributed by atoms with van der Waals surface area (Å²) in [6, 6.07) is 8.82. The number of hydrogen-bond donors (Lipinski definition) is 2. The Balaban J connectivity index is 1.58. The van der Waals surface area contributed by atoms with Crippen LogP contribution in [0.4, 0.5) is 23.1 Å². The van der Waals surface area contributed by atoms with Crippen molar-refractivity contribution in [1.29, 1.82) is 0 Å². The minimum atomic E-state index is -3.64. The highest BCUT2D eigenvalue weighted by atomic mass is 35.5. The van der Waals surface area contributed by atoms with Gasteiger partial charge < -0.3 is 29.7 Å². The van der Waals surface area contributed by atoms with E-state index in [2.05, 4.69) is 25.5 Å². The molecule has 1 aliphatic heterocycles. The molecule has 0 unspecified atom stereocenters. The number of hydrogen-bond acceptors (Lipinski definition) is 11. The van der Waals surface area contributed by atoms with Crippen molar-refractivity contribution >= 4 is 50.5 Å². The molecule has 45 heavy (non-hydrogen) atoms. The number of rotatable bonds is 14. The fourth-order valence-corrected chi connectivity index (χ4v) is 6.54. The summed E-state index contributed by atoms with van der Waals surface area (Å²) in [5.74, 6) is 1.54. The number of carbonyl (C=O) groups is 1. The number of ether oxygens (including phenoxy) is 3. The van der Waals surface area contributed by atoms with Crippen molar-refractivity contribution in [3.63, 3.8) is 0 Å². The summed E-state index contributed by atoms with van der Waals surface area (Å²) in [4.78, 5) is 25.0. The number of carbonyl (C=O) groups excluding carboxylic acids is 1. The molecule has 3 aromatic rings. The molecule has 1 aliphatic rings. The van der Waals surface area contributed by atoms with Gasteiger partial charge in [-0.2, -0.15) is 4.98 Å². The number of halogens is 1. The molecule has 1 amide bonds. The Kier molecular flexibility index (Phi) is 11.8. The highest BCUT2D eigenvalue weighted by Gasteiger charge is 2.22. The van der Waals surface area contributed by atoms with Crippen molar-refractivity contribution in [3.05, 3.63) is 52.7 Å². The van der Waals surface area contributed by atoms with Gasteiger partial charge in [-0.1, -0.05) is 18.5 Å². The van der Waals surface area contributed by atoms with Gasteiger partial charge in [0, 0.05) is 40.4 Å².